The van der Waals surface area contributed by atoms with Gasteiger partial charge in [0.05, 0.1) is 11.6 Å². The van der Waals surface area contributed by atoms with Crippen LogP contribution in [0.1, 0.15) is 51.4 Å². The van der Waals surface area contributed by atoms with Crippen LogP contribution < -0.4 is 5.32 Å². The van der Waals surface area contributed by atoms with Gasteiger partial charge in [0.25, 0.3) is 0 Å². The van der Waals surface area contributed by atoms with Gasteiger partial charge < -0.3 is 9.88 Å². The lowest BCUT2D eigenvalue weighted by molar-refractivity contribution is -0.117. The minimum absolute atomic E-state index is 0.0119. The maximum absolute atomic E-state index is 12.8. The van der Waals surface area contributed by atoms with Gasteiger partial charge in [-0.3, -0.25) is 14.4 Å². The molecule has 0 saturated heterocycles. The van der Waals surface area contributed by atoms with Gasteiger partial charge >= 0.3 is 0 Å². The fourth-order valence-corrected chi connectivity index (χ4v) is 3.66. The smallest absolute Gasteiger partial charge is 0.233 e. The highest BCUT2D eigenvalue weighted by atomic mass is 16.2. The molecule has 1 atom stereocenters. The lowest BCUT2D eigenvalue weighted by Gasteiger charge is -2.11. The van der Waals surface area contributed by atoms with Gasteiger partial charge in [0.15, 0.2) is 5.78 Å². The largest absolute Gasteiger partial charge is 0.341 e. The number of carbonyl (C=O) groups excluding carboxylic acids is 3. The standard InChI is InChI=1S/C23H20N2O3/c1-15(26)16-7-9-18(10-8-16)24-23(28)19-13-14-25-20(19)11-12-21(25)22(27)17-5-3-2-4-6-17/h2-12,19H,13-14H2,1H3,(H,24,28)/t19-/m1/s1. The SMILES string of the molecule is CC(=O)c1ccc(NC(=O)[C@@H]2CCn3c(C(=O)c4ccccc4)ccc32)cc1. The van der Waals surface area contributed by atoms with Crippen molar-refractivity contribution < 1.29 is 14.4 Å². The predicted octanol–water partition coefficient (Wildman–Crippen LogP) is 4.05. The molecule has 2 aromatic carbocycles. The summed E-state index contributed by atoms with van der Waals surface area (Å²) >= 11 is 0. The quantitative estimate of drug-likeness (QED) is 0.687. The van der Waals surface area contributed by atoms with Gasteiger partial charge in [-0.2, -0.15) is 0 Å². The van der Waals surface area contributed by atoms with Crippen molar-refractivity contribution in [2.75, 3.05) is 5.32 Å². The summed E-state index contributed by atoms with van der Waals surface area (Å²) in [5, 5.41) is 2.91. The molecule has 3 aromatic rings. The summed E-state index contributed by atoms with van der Waals surface area (Å²) in [6.45, 7) is 2.15. The van der Waals surface area contributed by atoms with Gasteiger partial charge in [0.1, 0.15) is 0 Å². The normalized spacial score (nSPS) is 15.1. The van der Waals surface area contributed by atoms with Crippen LogP contribution in [0.3, 0.4) is 0 Å². The van der Waals surface area contributed by atoms with Crippen LogP contribution in [-0.4, -0.2) is 22.0 Å². The first-order valence-electron chi connectivity index (χ1n) is 9.25. The summed E-state index contributed by atoms with van der Waals surface area (Å²) < 4.78 is 1.94. The molecule has 0 bridgehead atoms. The molecule has 4 rings (SSSR count). The second-order valence-corrected chi connectivity index (χ2v) is 6.95. The second kappa shape index (κ2) is 7.27. The Morgan fingerprint density at radius 2 is 1.61 bits per heavy atom. The van der Waals surface area contributed by atoms with Gasteiger partial charge in [-0.15, -0.1) is 0 Å². The van der Waals surface area contributed by atoms with Crippen molar-refractivity contribution in [1.29, 1.82) is 0 Å². The Balaban J connectivity index is 1.52. The van der Waals surface area contributed by atoms with Crippen LogP contribution in [0.25, 0.3) is 0 Å². The Labute approximate surface area is 163 Å². The summed E-state index contributed by atoms with van der Waals surface area (Å²) in [7, 11) is 0. The van der Waals surface area contributed by atoms with Gasteiger partial charge in [0.2, 0.25) is 11.7 Å². The fraction of sp³-hybridized carbons (Fsp3) is 0.174. The van der Waals surface area contributed by atoms with Gasteiger partial charge in [-0.1, -0.05) is 30.3 Å². The average molecular weight is 372 g/mol. The number of hydrogen-bond donors (Lipinski definition) is 1. The first-order chi connectivity index (χ1) is 13.5. The van der Waals surface area contributed by atoms with Crippen LogP contribution >= 0.6 is 0 Å². The number of hydrogen-bond acceptors (Lipinski definition) is 3. The monoisotopic (exact) mass is 372 g/mol. The zero-order valence-electron chi connectivity index (χ0n) is 15.5. The Morgan fingerprint density at radius 3 is 2.29 bits per heavy atom. The van der Waals surface area contributed by atoms with Crippen molar-refractivity contribution in [1.82, 2.24) is 4.57 Å². The van der Waals surface area contributed by atoms with Crippen LogP contribution in [0.4, 0.5) is 5.69 Å². The number of aromatic nitrogens is 1. The number of benzene rings is 2. The van der Waals surface area contributed by atoms with E-state index in [2.05, 4.69) is 5.32 Å². The summed E-state index contributed by atoms with van der Waals surface area (Å²) in [6.07, 6.45) is 0.655. The highest BCUT2D eigenvalue weighted by Crippen LogP contribution is 2.32. The van der Waals surface area contributed by atoms with E-state index in [4.69, 9.17) is 0 Å². The Kier molecular flexibility index (Phi) is 4.65. The second-order valence-electron chi connectivity index (χ2n) is 6.95. The zero-order chi connectivity index (χ0) is 19.7. The number of ketones is 2. The number of anilines is 1. The first kappa shape index (κ1) is 17.9. The van der Waals surface area contributed by atoms with E-state index >= 15 is 0 Å². The molecule has 1 N–H and O–H groups in total. The van der Waals surface area contributed by atoms with E-state index in [-0.39, 0.29) is 23.4 Å². The number of rotatable bonds is 5. The van der Waals surface area contributed by atoms with Crippen LogP contribution in [0.2, 0.25) is 0 Å². The lowest BCUT2D eigenvalue weighted by atomic mass is 10.0. The summed E-state index contributed by atoms with van der Waals surface area (Å²) in [5.41, 5.74) is 3.37. The topological polar surface area (TPSA) is 68.2 Å². The summed E-state index contributed by atoms with van der Waals surface area (Å²) in [6, 6.07) is 19.7. The predicted molar refractivity (Wildman–Crippen MR) is 107 cm³/mol. The number of nitrogens with zero attached hydrogens (tertiary/aromatic N) is 1. The average Bonchev–Trinajstić information content (AvgIpc) is 3.30. The molecule has 1 aliphatic heterocycles. The molecule has 2 heterocycles. The highest BCUT2D eigenvalue weighted by Gasteiger charge is 2.32. The van der Waals surface area contributed by atoms with E-state index in [1.54, 1.807) is 42.5 Å². The third-order valence-corrected chi connectivity index (χ3v) is 5.16. The molecule has 0 saturated carbocycles. The number of nitrogens with one attached hydrogen (secondary N) is 1. The van der Waals surface area contributed by atoms with Crippen LogP contribution in [0.15, 0.2) is 66.7 Å². The van der Waals surface area contributed by atoms with E-state index in [0.717, 1.165) is 5.69 Å². The van der Waals surface area contributed by atoms with Crippen molar-refractivity contribution in [3.8, 4) is 0 Å². The van der Waals surface area contributed by atoms with Gasteiger partial charge in [-0.25, -0.2) is 0 Å². The molecule has 0 fully saturated rings. The maximum Gasteiger partial charge on any atom is 0.233 e. The zero-order valence-corrected chi connectivity index (χ0v) is 15.5. The van der Waals surface area contributed by atoms with E-state index < -0.39 is 0 Å². The molecule has 5 heteroatoms. The van der Waals surface area contributed by atoms with Crippen molar-refractivity contribution in [3.05, 3.63) is 89.2 Å². The van der Waals surface area contributed by atoms with Crippen molar-refractivity contribution >= 4 is 23.2 Å². The van der Waals surface area contributed by atoms with E-state index in [1.165, 1.54) is 6.92 Å². The lowest BCUT2D eigenvalue weighted by Crippen LogP contribution is -2.19. The van der Waals surface area contributed by atoms with Gasteiger partial charge in [0, 0.05) is 29.1 Å². The van der Waals surface area contributed by atoms with Crippen LogP contribution in [0.5, 0.6) is 0 Å². The third-order valence-electron chi connectivity index (χ3n) is 5.16. The number of Topliss-reactive ketones (excluding diaryl/α,β-unsaturated/α-hetero) is 1. The minimum Gasteiger partial charge on any atom is -0.341 e. The molecule has 5 nitrogen and oxygen atoms in total. The van der Waals surface area contributed by atoms with Gasteiger partial charge in [-0.05, 0) is 49.7 Å². The van der Waals surface area contributed by atoms with Crippen molar-refractivity contribution in [3.63, 3.8) is 0 Å². The van der Waals surface area contributed by atoms with E-state index in [9.17, 15) is 14.4 Å². The molecule has 0 unspecified atom stereocenters. The molecule has 140 valence electrons. The highest BCUT2D eigenvalue weighted by molar-refractivity contribution is 6.08. The Hall–Kier alpha value is -3.47. The molecular weight excluding hydrogens is 352 g/mol. The Morgan fingerprint density at radius 1 is 0.893 bits per heavy atom. The van der Waals surface area contributed by atoms with Crippen LogP contribution in [-0.2, 0) is 11.3 Å². The molecule has 28 heavy (non-hydrogen) atoms. The summed E-state index contributed by atoms with van der Waals surface area (Å²) in [5.74, 6) is -0.453. The molecule has 0 radical (unpaired) electrons. The number of fused-ring (bicyclic) bond motifs is 1. The third kappa shape index (κ3) is 3.27. The molecule has 1 amide bonds. The first-order valence-corrected chi connectivity index (χ1v) is 9.25. The number of amides is 1. The molecule has 0 spiro atoms. The maximum atomic E-state index is 12.8. The summed E-state index contributed by atoms with van der Waals surface area (Å²) in [4.78, 5) is 36.9. The molecular formula is C23H20N2O3. The molecule has 1 aromatic heterocycles. The van der Waals surface area contributed by atoms with Crippen molar-refractivity contribution in [2.24, 2.45) is 0 Å². The number of carbonyl (C=O) groups is 3. The molecule has 1 aliphatic rings. The minimum atomic E-state index is -0.301. The van der Waals surface area contributed by atoms with Crippen molar-refractivity contribution in [2.45, 2.75) is 25.8 Å². The molecule has 0 aliphatic carbocycles. The van der Waals surface area contributed by atoms with E-state index in [1.807, 2.05) is 28.8 Å². The van der Waals surface area contributed by atoms with Crippen LogP contribution in [0, 0.1) is 0 Å². The Bertz CT molecular complexity index is 1050. The fourth-order valence-electron chi connectivity index (χ4n) is 3.66. The van der Waals surface area contributed by atoms with E-state index in [0.29, 0.717) is 35.5 Å².